The first kappa shape index (κ1) is 13.7. The van der Waals surface area contributed by atoms with Crippen LogP contribution in [-0.2, 0) is 9.59 Å². The largest absolute Gasteiger partial charge is 0.481 e. The number of thioether (sulfide) groups is 1. The van der Waals surface area contributed by atoms with Crippen molar-refractivity contribution in [1.82, 2.24) is 5.32 Å². The van der Waals surface area contributed by atoms with Gasteiger partial charge in [-0.1, -0.05) is 0 Å². The van der Waals surface area contributed by atoms with Gasteiger partial charge in [0.25, 0.3) is 0 Å². The van der Waals surface area contributed by atoms with Crippen molar-refractivity contribution in [3.05, 3.63) is 0 Å². The number of nitrogens with one attached hydrogen (secondary N) is 1. The van der Waals surface area contributed by atoms with E-state index < -0.39 is 5.97 Å². The van der Waals surface area contributed by atoms with Gasteiger partial charge in [0.15, 0.2) is 0 Å². The lowest BCUT2D eigenvalue weighted by atomic mass is 10.0. The maximum absolute atomic E-state index is 12.0. The Morgan fingerprint density at radius 3 is 2.67 bits per heavy atom. The normalized spacial score (nSPS) is 35.6. The summed E-state index contributed by atoms with van der Waals surface area (Å²) < 4.78 is 0.181. The number of hydrogen-bond acceptors (Lipinski definition) is 3. The fourth-order valence-electron chi connectivity index (χ4n) is 2.84. The quantitative estimate of drug-likeness (QED) is 0.819. The average Bonchev–Trinajstić information content (AvgIpc) is 2.95. The summed E-state index contributed by atoms with van der Waals surface area (Å²) in [6.07, 6.45) is 4.24. The van der Waals surface area contributed by atoms with Gasteiger partial charge >= 0.3 is 5.97 Å². The Kier molecular flexibility index (Phi) is 4.20. The molecule has 3 unspecified atom stereocenters. The van der Waals surface area contributed by atoms with Crippen molar-refractivity contribution in [2.24, 2.45) is 11.8 Å². The van der Waals surface area contributed by atoms with Crippen LogP contribution in [0.3, 0.4) is 0 Å². The number of hydrogen-bond donors (Lipinski definition) is 2. The number of carbonyl (C=O) groups excluding carboxylic acids is 1. The highest BCUT2D eigenvalue weighted by Crippen LogP contribution is 2.37. The van der Waals surface area contributed by atoms with Gasteiger partial charge < -0.3 is 10.4 Å². The molecule has 1 aliphatic carbocycles. The summed E-state index contributed by atoms with van der Waals surface area (Å²) in [4.78, 5) is 22.9. The molecule has 0 bridgehead atoms. The molecule has 5 heteroatoms. The van der Waals surface area contributed by atoms with Crippen molar-refractivity contribution in [2.45, 2.75) is 43.8 Å². The van der Waals surface area contributed by atoms with E-state index in [0.29, 0.717) is 25.8 Å². The fraction of sp³-hybridized carbons (Fsp3) is 0.846. The number of carboxylic acid groups (broad SMARTS) is 1. The van der Waals surface area contributed by atoms with Gasteiger partial charge in [0.2, 0.25) is 5.91 Å². The first-order chi connectivity index (χ1) is 8.50. The Morgan fingerprint density at radius 1 is 1.39 bits per heavy atom. The minimum atomic E-state index is -0.761. The molecule has 18 heavy (non-hydrogen) atoms. The zero-order valence-electron chi connectivity index (χ0n) is 10.8. The van der Waals surface area contributed by atoms with Gasteiger partial charge in [-0.05, 0) is 44.8 Å². The van der Waals surface area contributed by atoms with Gasteiger partial charge in [-0.3, -0.25) is 9.59 Å². The number of carboxylic acids is 1. The van der Waals surface area contributed by atoms with Crippen LogP contribution in [0.1, 0.15) is 39.0 Å². The molecule has 1 amide bonds. The van der Waals surface area contributed by atoms with E-state index in [1.807, 2.05) is 11.8 Å². The van der Waals surface area contributed by atoms with Crippen LogP contribution in [0.15, 0.2) is 0 Å². The molecule has 0 aromatic carbocycles. The van der Waals surface area contributed by atoms with E-state index in [2.05, 4.69) is 12.2 Å². The van der Waals surface area contributed by atoms with Crippen LogP contribution in [-0.4, -0.2) is 34.0 Å². The van der Waals surface area contributed by atoms with Crippen molar-refractivity contribution in [3.8, 4) is 0 Å². The average molecular weight is 271 g/mol. The maximum Gasteiger partial charge on any atom is 0.306 e. The highest BCUT2D eigenvalue weighted by Gasteiger charge is 2.35. The molecule has 0 spiro atoms. The maximum atomic E-state index is 12.0. The van der Waals surface area contributed by atoms with E-state index >= 15 is 0 Å². The molecule has 0 radical (unpaired) electrons. The third kappa shape index (κ3) is 3.19. The van der Waals surface area contributed by atoms with Crippen molar-refractivity contribution >= 4 is 23.6 Å². The third-order valence-corrected chi connectivity index (χ3v) is 5.63. The van der Waals surface area contributed by atoms with Crippen molar-refractivity contribution < 1.29 is 14.7 Å². The van der Waals surface area contributed by atoms with Gasteiger partial charge in [-0.15, -0.1) is 0 Å². The lowest BCUT2D eigenvalue weighted by Gasteiger charge is -2.23. The van der Waals surface area contributed by atoms with E-state index in [1.54, 1.807) is 0 Å². The van der Waals surface area contributed by atoms with E-state index in [-0.39, 0.29) is 22.5 Å². The molecule has 1 aliphatic heterocycles. The SMILES string of the molecule is CC1(CNC(=O)C2CCC(C(=O)O)C2)CCCS1. The summed E-state index contributed by atoms with van der Waals surface area (Å²) in [5.41, 5.74) is 0. The molecule has 3 atom stereocenters. The molecule has 1 heterocycles. The molecule has 1 saturated carbocycles. The van der Waals surface area contributed by atoms with Gasteiger partial charge in [-0.2, -0.15) is 11.8 Å². The number of aliphatic carboxylic acids is 1. The zero-order valence-corrected chi connectivity index (χ0v) is 11.6. The number of amides is 1. The predicted octanol–water partition coefficient (Wildman–Crippen LogP) is 1.89. The van der Waals surface area contributed by atoms with Crippen LogP contribution < -0.4 is 5.32 Å². The summed E-state index contributed by atoms with van der Waals surface area (Å²) in [5, 5.41) is 11.9. The Hall–Kier alpha value is -0.710. The molecule has 2 fully saturated rings. The molecular weight excluding hydrogens is 250 g/mol. The van der Waals surface area contributed by atoms with Crippen LogP contribution in [0.5, 0.6) is 0 Å². The van der Waals surface area contributed by atoms with E-state index in [9.17, 15) is 9.59 Å². The second-order valence-electron chi connectivity index (χ2n) is 5.66. The van der Waals surface area contributed by atoms with Crippen LogP contribution in [0.2, 0.25) is 0 Å². The van der Waals surface area contributed by atoms with Crippen LogP contribution in [0.4, 0.5) is 0 Å². The van der Waals surface area contributed by atoms with Crippen molar-refractivity contribution in [2.75, 3.05) is 12.3 Å². The van der Waals surface area contributed by atoms with E-state index in [4.69, 9.17) is 5.11 Å². The van der Waals surface area contributed by atoms with Crippen LogP contribution >= 0.6 is 11.8 Å². The van der Waals surface area contributed by atoms with Gasteiger partial charge in [0.05, 0.1) is 5.92 Å². The standard InChI is InChI=1S/C13H21NO3S/c1-13(5-2-6-18-13)8-14-11(15)9-3-4-10(7-9)12(16)17/h9-10H,2-8H2,1H3,(H,14,15)(H,16,17). The van der Waals surface area contributed by atoms with Gasteiger partial charge in [0.1, 0.15) is 0 Å². The Balaban J connectivity index is 1.77. The highest BCUT2D eigenvalue weighted by molar-refractivity contribution is 8.00. The lowest BCUT2D eigenvalue weighted by Crippen LogP contribution is -2.39. The van der Waals surface area contributed by atoms with E-state index in [0.717, 1.165) is 6.42 Å². The number of carbonyl (C=O) groups is 2. The smallest absolute Gasteiger partial charge is 0.306 e. The van der Waals surface area contributed by atoms with E-state index in [1.165, 1.54) is 12.2 Å². The molecule has 102 valence electrons. The molecular formula is C13H21NO3S. The number of rotatable bonds is 4. The van der Waals surface area contributed by atoms with Gasteiger partial charge in [0, 0.05) is 17.2 Å². The molecule has 0 aromatic rings. The van der Waals surface area contributed by atoms with Crippen molar-refractivity contribution in [3.63, 3.8) is 0 Å². The predicted molar refractivity (Wildman–Crippen MR) is 71.6 cm³/mol. The molecule has 2 N–H and O–H groups in total. The van der Waals surface area contributed by atoms with Gasteiger partial charge in [-0.25, -0.2) is 0 Å². The monoisotopic (exact) mass is 271 g/mol. The minimum absolute atomic E-state index is 0.0486. The first-order valence-electron chi connectivity index (χ1n) is 6.65. The summed E-state index contributed by atoms with van der Waals surface area (Å²) in [5.74, 6) is 0.0473. The second-order valence-corrected chi connectivity index (χ2v) is 7.35. The van der Waals surface area contributed by atoms with Crippen LogP contribution in [0, 0.1) is 11.8 Å². The molecule has 2 rings (SSSR count). The van der Waals surface area contributed by atoms with Crippen molar-refractivity contribution in [1.29, 1.82) is 0 Å². The second kappa shape index (κ2) is 5.51. The first-order valence-corrected chi connectivity index (χ1v) is 7.63. The summed E-state index contributed by atoms with van der Waals surface area (Å²) in [6, 6.07) is 0. The minimum Gasteiger partial charge on any atom is -0.481 e. The molecule has 4 nitrogen and oxygen atoms in total. The molecule has 2 aliphatic rings. The zero-order chi connectivity index (χ0) is 13.2. The lowest BCUT2D eigenvalue weighted by molar-refractivity contribution is -0.141. The highest BCUT2D eigenvalue weighted by atomic mass is 32.2. The fourth-order valence-corrected chi connectivity index (χ4v) is 4.08. The van der Waals surface area contributed by atoms with Crippen LogP contribution in [0.25, 0.3) is 0 Å². The Bertz CT molecular complexity index is 339. The summed E-state index contributed by atoms with van der Waals surface area (Å²) in [6.45, 7) is 2.91. The Morgan fingerprint density at radius 2 is 2.11 bits per heavy atom. The summed E-state index contributed by atoms with van der Waals surface area (Å²) >= 11 is 1.93. The molecule has 1 saturated heterocycles. The third-order valence-electron chi connectivity index (χ3n) is 4.09. The molecule has 0 aromatic heterocycles. The topological polar surface area (TPSA) is 66.4 Å². The Labute approximate surface area is 112 Å². The summed E-state index contributed by atoms with van der Waals surface area (Å²) in [7, 11) is 0.